The van der Waals surface area contributed by atoms with E-state index in [0.29, 0.717) is 11.8 Å². The lowest BCUT2D eigenvalue weighted by atomic mass is 9.63. The van der Waals surface area contributed by atoms with Gasteiger partial charge in [0.25, 0.3) is 0 Å². The van der Waals surface area contributed by atoms with Gasteiger partial charge in [-0.1, -0.05) is 37.1 Å². The van der Waals surface area contributed by atoms with Crippen LogP contribution in [0.25, 0.3) is 0 Å². The highest BCUT2D eigenvalue weighted by molar-refractivity contribution is 6.30. The van der Waals surface area contributed by atoms with Crippen molar-refractivity contribution in [2.75, 3.05) is 13.1 Å². The summed E-state index contributed by atoms with van der Waals surface area (Å²) < 4.78 is 0. The molecule has 1 heterocycles. The van der Waals surface area contributed by atoms with E-state index in [4.69, 9.17) is 11.6 Å². The Morgan fingerprint density at radius 3 is 2.50 bits per heavy atom. The zero-order valence-electron chi connectivity index (χ0n) is 12.1. The van der Waals surface area contributed by atoms with Crippen LogP contribution in [-0.2, 0) is 10.2 Å². The third-order valence-electron chi connectivity index (χ3n) is 4.96. The molecule has 1 saturated heterocycles. The normalized spacial score (nSPS) is 25.1. The van der Waals surface area contributed by atoms with Crippen molar-refractivity contribution in [1.29, 1.82) is 0 Å². The second-order valence-corrected chi connectivity index (χ2v) is 6.88. The van der Waals surface area contributed by atoms with Gasteiger partial charge in [-0.15, -0.1) is 0 Å². The number of carbonyl (C=O) groups excluding carboxylic acids is 1. The third-order valence-corrected chi connectivity index (χ3v) is 5.21. The summed E-state index contributed by atoms with van der Waals surface area (Å²) in [5.74, 6) is 0.979. The molecule has 2 aliphatic rings. The zero-order chi connectivity index (χ0) is 14.2. The van der Waals surface area contributed by atoms with Crippen LogP contribution in [0.15, 0.2) is 24.3 Å². The van der Waals surface area contributed by atoms with E-state index in [2.05, 4.69) is 11.8 Å². The molecule has 1 aliphatic heterocycles. The van der Waals surface area contributed by atoms with Crippen LogP contribution < -0.4 is 0 Å². The van der Waals surface area contributed by atoms with Crippen molar-refractivity contribution < 1.29 is 4.79 Å². The van der Waals surface area contributed by atoms with E-state index in [1.165, 1.54) is 6.42 Å². The number of hydrogen-bond acceptors (Lipinski definition) is 1. The number of benzene rings is 1. The average Bonchev–Trinajstić information content (AvgIpc) is 2.39. The largest absolute Gasteiger partial charge is 0.342 e. The number of amides is 1. The van der Waals surface area contributed by atoms with E-state index >= 15 is 0 Å². The Morgan fingerprint density at radius 2 is 1.95 bits per heavy atom. The van der Waals surface area contributed by atoms with Gasteiger partial charge in [0.1, 0.15) is 0 Å². The smallest absolute Gasteiger partial charge is 0.233 e. The second kappa shape index (κ2) is 5.40. The van der Waals surface area contributed by atoms with Crippen LogP contribution in [0.1, 0.15) is 44.6 Å². The molecule has 0 aromatic heterocycles. The van der Waals surface area contributed by atoms with Gasteiger partial charge in [0.15, 0.2) is 0 Å². The van der Waals surface area contributed by atoms with Gasteiger partial charge in [-0.2, -0.15) is 0 Å². The summed E-state index contributed by atoms with van der Waals surface area (Å²) in [6, 6.07) is 7.88. The highest BCUT2D eigenvalue weighted by Crippen LogP contribution is 2.45. The quantitative estimate of drug-likeness (QED) is 0.806. The van der Waals surface area contributed by atoms with Crippen molar-refractivity contribution in [3.63, 3.8) is 0 Å². The molecule has 1 amide bonds. The summed E-state index contributed by atoms with van der Waals surface area (Å²) in [5.41, 5.74) is 0.887. The Balaban J connectivity index is 1.84. The van der Waals surface area contributed by atoms with Gasteiger partial charge >= 0.3 is 0 Å². The Kier molecular flexibility index (Phi) is 3.76. The van der Waals surface area contributed by atoms with Crippen LogP contribution in [0.5, 0.6) is 0 Å². The molecule has 20 heavy (non-hydrogen) atoms. The van der Waals surface area contributed by atoms with Crippen molar-refractivity contribution in [1.82, 2.24) is 4.90 Å². The van der Waals surface area contributed by atoms with E-state index < -0.39 is 0 Å². The third kappa shape index (κ3) is 2.35. The van der Waals surface area contributed by atoms with Crippen molar-refractivity contribution in [2.45, 2.75) is 44.4 Å². The summed E-state index contributed by atoms with van der Waals surface area (Å²) in [6.45, 7) is 4.10. The summed E-state index contributed by atoms with van der Waals surface area (Å²) >= 11 is 5.97. The van der Waals surface area contributed by atoms with Crippen LogP contribution in [0.3, 0.4) is 0 Å². The van der Waals surface area contributed by atoms with Crippen LogP contribution in [0, 0.1) is 5.92 Å². The molecule has 0 radical (unpaired) electrons. The van der Waals surface area contributed by atoms with E-state index in [1.807, 2.05) is 24.3 Å². The molecule has 0 spiro atoms. The van der Waals surface area contributed by atoms with Crippen LogP contribution in [0.2, 0.25) is 5.02 Å². The second-order valence-electron chi connectivity index (χ2n) is 6.44. The molecule has 108 valence electrons. The summed E-state index contributed by atoms with van der Waals surface area (Å²) in [4.78, 5) is 15.1. The minimum absolute atomic E-state index is 0.262. The van der Waals surface area contributed by atoms with E-state index in [1.54, 1.807) is 0 Å². The van der Waals surface area contributed by atoms with Crippen molar-refractivity contribution in [2.24, 2.45) is 5.92 Å². The summed E-state index contributed by atoms with van der Waals surface area (Å²) in [6.07, 6.45) is 5.51. The molecule has 2 fully saturated rings. The molecule has 0 N–H and O–H groups in total. The number of halogens is 1. The monoisotopic (exact) mass is 291 g/mol. The summed E-state index contributed by atoms with van der Waals surface area (Å²) in [7, 11) is 0. The zero-order valence-corrected chi connectivity index (χ0v) is 12.8. The minimum atomic E-state index is -0.262. The number of nitrogens with zero attached hydrogens (tertiary/aromatic N) is 1. The molecule has 1 aromatic rings. The first-order chi connectivity index (χ1) is 9.62. The van der Waals surface area contributed by atoms with Gasteiger partial charge < -0.3 is 4.90 Å². The Labute approximate surface area is 126 Å². The Bertz CT molecular complexity index is 492. The predicted molar refractivity (Wildman–Crippen MR) is 82.0 cm³/mol. The standard InChI is InChI=1S/C17H22ClNO/c1-13-4-2-11-19(12-13)16(20)17(9-3-10-17)14-5-7-15(18)8-6-14/h5-8,13H,2-4,9-12H2,1H3. The van der Waals surface area contributed by atoms with Crippen molar-refractivity contribution in [3.05, 3.63) is 34.9 Å². The van der Waals surface area contributed by atoms with E-state index in [9.17, 15) is 4.79 Å². The number of likely N-dealkylation sites (tertiary alicyclic amines) is 1. The first kappa shape index (κ1) is 13.9. The highest BCUT2D eigenvalue weighted by atomic mass is 35.5. The SMILES string of the molecule is CC1CCCN(C(=O)C2(c3ccc(Cl)cc3)CCC2)C1. The van der Waals surface area contributed by atoms with Gasteiger partial charge in [-0.3, -0.25) is 4.79 Å². The molecule has 0 bridgehead atoms. The van der Waals surface area contributed by atoms with Gasteiger partial charge in [-0.25, -0.2) is 0 Å². The molecule has 1 saturated carbocycles. The van der Waals surface area contributed by atoms with Crippen LogP contribution in [-0.4, -0.2) is 23.9 Å². The molecule has 2 nitrogen and oxygen atoms in total. The Hall–Kier alpha value is -1.02. The summed E-state index contributed by atoms with van der Waals surface area (Å²) in [5, 5.41) is 0.738. The lowest BCUT2D eigenvalue weighted by molar-refractivity contribution is -0.142. The molecule has 1 aromatic carbocycles. The lowest BCUT2D eigenvalue weighted by Gasteiger charge is -2.45. The van der Waals surface area contributed by atoms with Gasteiger partial charge in [0, 0.05) is 18.1 Å². The maximum absolute atomic E-state index is 13.0. The maximum atomic E-state index is 13.0. The topological polar surface area (TPSA) is 20.3 Å². The number of carbonyl (C=O) groups is 1. The fourth-order valence-corrected chi connectivity index (χ4v) is 3.73. The maximum Gasteiger partial charge on any atom is 0.233 e. The number of rotatable bonds is 2. The van der Waals surface area contributed by atoms with Crippen LogP contribution >= 0.6 is 11.6 Å². The van der Waals surface area contributed by atoms with E-state index in [0.717, 1.165) is 49.4 Å². The number of piperidine rings is 1. The predicted octanol–water partition coefficient (Wildman–Crippen LogP) is 4.02. The molecule has 1 unspecified atom stereocenters. The van der Waals surface area contributed by atoms with Gasteiger partial charge in [-0.05, 0) is 49.3 Å². The van der Waals surface area contributed by atoms with Crippen LogP contribution in [0.4, 0.5) is 0 Å². The van der Waals surface area contributed by atoms with E-state index in [-0.39, 0.29) is 5.41 Å². The molecular formula is C17H22ClNO. The average molecular weight is 292 g/mol. The molecule has 3 rings (SSSR count). The first-order valence-corrected chi connectivity index (χ1v) is 8.05. The lowest BCUT2D eigenvalue weighted by Crippen LogP contribution is -2.53. The fourth-order valence-electron chi connectivity index (χ4n) is 3.60. The molecular weight excluding hydrogens is 270 g/mol. The number of hydrogen-bond donors (Lipinski definition) is 0. The first-order valence-electron chi connectivity index (χ1n) is 7.67. The van der Waals surface area contributed by atoms with Crippen molar-refractivity contribution in [3.8, 4) is 0 Å². The molecule has 3 heteroatoms. The molecule has 1 aliphatic carbocycles. The van der Waals surface area contributed by atoms with Gasteiger partial charge in [0.05, 0.1) is 5.41 Å². The minimum Gasteiger partial charge on any atom is -0.342 e. The Morgan fingerprint density at radius 1 is 1.25 bits per heavy atom. The molecule has 1 atom stereocenters. The van der Waals surface area contributed by atoms with Gasteiger partial charge in [0.2, 0.25) is 5.91 Å². The van der Waals surface area contributed by atoms with Crippen molar-refractivity contribution >= 4 is 17.5 Å². The highest BCUT2D eigenvalue weighted by Gasteiger charge is 2.47. The fraction of sp³-hybridized carbons (Fsp3) is 0.588.